The lowest BCUT2D eigenvalue weighted by molar-refractivity contribution is -0.0818. The van der Waals surface area contributed by atoms with E-state index in [9.17, 15) is 0 Å². The first-order valence-electron chi connectivity index (χ1n) is 7.47. The van der Waals surface area contributed by atoms with Crippen molar-refractivity contribution in [3.05, 3.63) is 22.4 Å². The van der Waals surface area contributed by atoms with E-state index in [1.54, 1.807) is 19.3 Å². The molecule has 18 heavy (non-hydrogen) atoms. The topological polar surface area (TPSA) is 3.24 Å². The summed E-state index contributed by atoms with van der Waals surface area (Å²) >= 11 is 1.91. The summed E-state index contributed by atoms with van der Waals surface area (Å²) in [7, 11) is 2.38. The second-order valence-corrected chi connectivity index (χ2v) is 8.11. The fraction of sp³-hybridized carbons (Fsp3) is 0.750. The van der Waals surface area contributed by atoms with Gasteiger partial charge in [0.15, 0.2) is 0 Å². The zero-order chi connectivity index (χ0) is 12.2. The molecular formula is C16H23NS. The maximum atomic E-state index is 2.71. The molecule has 0 aliphatic heterocycles. The highest BCUT2D eigenvalue weighted by Crippen LogP contribution is 2.57. The summed E-state index contributed by atoms with van der Waals surface area (Å²) in [5.74, 6) is 3.17. The Morgan fingerprint density at radius 1 is 1.17 bits per heavy atom. The van der Waals surface area contributed by atoms with Crippen LogP contribution in [0.15, 0.2) is 17.5 Å². The molecule has 1 aromatic rings. The fourth-order valence-corrected chi connectivity index (χ4v) is 6.09. The zero-order valence-electron chi connectivity index (χ0n) is 11.3. The smallest absolute Gasteiger partial charge is 0.0330 e. The van der Waals surface area contributed by atoms with Crippen LogP contribution in [0.4, 0.5) is 0 Å². The number of thiophene rings is 1. The van der Waals surface area contributed by atoms with Gasteiger partial charge in [0.2, 0.25) is 0 Å². The summed E-state index contributed by atoms with van der Waals surface area (Å²) in [6.07, 6.45) is 9.10. The van der Waals surface area contributed by atoms with Crippen molar-refractivity contribution in [1.82, 2.24) is 4.90 Å². The van der Waals surface area contributed by atoms with E-state index in [0.717, 1.165) is 17.8 Å². The molecule has 0 aromatic carbocycles. The van der Waals surface area contributed by atoms with Crippen LogP contribution in [-0.4, -0.2) is 17.5 Å². The molecule has 98 valence electrons. The molecule has 4 fully saturated rings. The molecule has 4 bridgehead atoms. The quantitative estimate of drug-likeness (QED) is 0.790. The third-order valence-corrected chi connectivity index (χ3v) is 6.65. The van der Waals surface area contributed by atoms with E-state index >= 15 is 0 Å². The van der Waals surface area contributed by atoms with E-state index in [1.807, 2.05) is 11.3 Å². The SMILES string of the molecule is CN(Cc1cccs1)C12CC3CC(CC(C3)C1)C2. The van der Waals surface area contributed by atoms with Gasteiger partial charge in [-0.15, -0.1) is 11.3 Å². The molecule has 1 nitrogen and oxygen atoms in total. The average Bonchev–Trinajstić information content (AvgIpc) is 2.79. The van der Waals surface area contributed by atoms with Gasteiger partial charge < -0.3 is 0 Å². The van der Waals surface area contributed by atoms with Crippen LogP contribution in [0, 0.1) is 17.8 Å². The summed E-state index contributed by atoms with van der Waals surface area (Å²) in [6.45, 7) is 1.17. The van der Waals surface area contributed by atoms with Gasteiger partial charge in [0, 0.05) is 17.0 Å². The molecule has 0 spiro atoms. The van der Waals surface area contributed by atoms with Crippen LogP contribution in [0.1, 0.15) is 43.4 Å². The summed E-state index contributed by atoms with van der Waals surface area (Å²) < 4.78 is 0. The normalized spacial score (nSPS) is 41.8. The largest absolute Gasteiger partial charge is 0.296 e. The predicted octanol–water partition coefficient (Wildman–Crippen LogP) is 4.15. The molecule has 0 amide bonds. The molecule has 4 aliphatic rings. The molecule has 0 radical (unpaired) electrons. The Hall–Kier alpha value is -0.340. The van der Waals surface area contributed by atoms with Crippen LogP contribution in [0.25, 0.3) is 0 Å². The minimum absolute atomic E-state index is 0.568. The number of rotatable bonds is 3. The summed E-state index contributed by atoms with van der Waals surface area (Å²) in [5, 5.41) is 2.21. The van der Waals surface area contributed by atoms with E-state index < -0.39 is 0 Å². The highest BCUT2D eigenvalue weighted by Gasteiger charge is 2.52. The van der Waals surface area contributed by atoms with Crippen molar-refractivity contribution in [3.63, 3.8) is 0 Å². The van der Waals surface area contributed by atoms with Crippen LogP contribution in [0.3, 0.4) is 0 Å². The summed E-state index contributed by atoms with van der Waals surface area (Å²) in [5.41, 5.74) is 0.568. The van der Waals surface area contributed by atoms with Gasteiger partial charge in [0.05, 0.1) is 0 Å². The fourth-order valence-electron chi connectivity index (χ4n) is 5.34. The lowest BCUT2D eigenvalue weighted by Gasteiger charge is -2.60. The summed E-state index contributed by atoms with van der Waals surface area (Å²) in [6, 6.07) is 4.48. The van der Waals surface area contributed by atoms with Crippen molar-refractivity contribution in [3.8, 4) is 0 Å². The van der Waals surface area contributed by atoms with E-state index in [0.29, 0.717) is 5.54 Å². The maximum absolute atomic E-state index is 2.71. The zero-order valence-corrected chi connectivity index (χ0v) is 12.1. The van der Waals surface area contributed by atoms with Crippen molar-refractivity contribution < 1.29 is 0 Å². The van der Waals surface area contributed by atoms with Crippen LogP contribution in [-0.2, 0) is 6.54 Å². The van der Waals surface area contributed by atoms with Crippen LogP contribution < -0.4 is 0 Å². The predicted molar refractivity (Wildman–Crippen MR) is 76.7 cm³/mol. The Bertz CT molecular complexity index is 387. The molecular weight excluding hydrogens is 238 g/mol. The molecule has 0 N–H and O–H groups in total. The monoisotopic (exact) mass is 261 g/mol. The molecule has 5 rings (SSSR count). The van der Waals surface area contributed by atoms with Gasteiger partial charge in [-0.1, -0.05) is 6.07 Å². The van der Waals surface area contributed by atoms with Gasteiger partial charge in [-0.3, -0.25) is 4.90 Å². The maximum Gasteiger partial charge on any atom is 0.0330 e. The number of hydrogen-bond donors (Lipinski definition) is 0. The van der Waals surface area contributed by atoms with Crippen LogP contribution >= 0.6 is 11.3 Å². The molecule has 0 saturated heterocycles. The van der Waals surface area contributed by atoms with Crippen LogP contribution in [0.2, 0.25) is 0 Å². The Morgan fingerprint density at radius 3 is 2.28 bits per heavy atom. The lowest BCUT2D eigenvalue weighted by Crippen LogP contribution is -2.58. The first-order valence-corrected chi connectivity index (χ1v) is 8.35. The average molecular weight is 261 g/mol. The van der Waals surface area contributed by atoms with Gasteiger partial charge in [-0.25, -0.2) is 0 Å². The first kappa shape index (κ1) is 11.5. The number of nitrogens with zero attached hydrogens (tertiary/aromatic N) is 1. The van der Waals surface area contributed by atoms with E-state index in [-0.39, 0.29) is 0 Å². The van der Waals surface area contributed by atoms with Gasteiger partial charge in [0.25, 0.3) is 0 Å². The van der Waals surface area contributed by atoms with Gasteiger partial charge in [-0.05, 0) is 74.8 Å². The Kier molecular flexibility index (Phi) is 2.60. The number of hydrogen-bond acceptors (Lipinski definition) is 2. The first-order chi connectivity index (χ1) is 8.73. The third kappa shape index (κ3) is 1.77. The standard InChI is InChI=1S/C16H23NS/c1-17(11-15-3-2-4-18-15)16-8-12-5-13(9-16)7-14(6-12)10-16/h2-4,12-14H,5-11H2,1H3. The van der Waals surface area contributed by atoms with Crippen LogP contribution in [0.5, 0.6) is 0 Å². The third-order valence-electron chi connectivity index (χ3n) is 5.79. The second-order valence-electron chi connectivity index (χ2n) is 7.08. The molecule has 4 saturated carbocycles. The van der Waals surface area contributed by atoms with E-state index in [4.69, 9.17) is 0 Å². The van der Waals surface area contributed by atoms with E-state index in [1.165, 1.54) is 30.7 Å². The van der Waals surface area contributed by atoms with Gasteiger partial charge in [-0.2, -0.15) is 0 Å². The highest BCUT2D eigenvalue weighted by atomic mass is 32.1. The van der Waals surface area contributed by atoms with Crippen molar-refractivity contribution in [2.24, 2.45) is 17.8 Å². The molecule has 4 aliphatic carbocycles. The molecule has 1 heterocycles. The minimum atomic E-state index is 0.568. The Labute approximate surface area is 114 Å². The Morgan fingerprint density at radius 2 is 1.78 bits per heavy atom. The van der Waals surface area contributed by atoms with Gasteiger partial charge in [0.1, 0.15) is 0 Å². The van der Waals surface area contributed by atoms with Crippen molar-refractivity contribution in [2.45, 2.75) is 50.6 Å². The minimum Gasteiger partial charge on any atom is -0.296 e. The molecule has 0 unspecified atom stereocenters. The second kappa shape index (κ2) is 4.08. The molecule has 1 aromatic heterocycles. The van der Waals surface area contributed by atoms with Gasteiger partial charge >= 0.3 is 0 Å². The lowest BCUT2D eigenvalue weighted by atomic mass is 9.52. The van der Waals surface area contributed by atoms with Crippen molar-refractivity contribution in [1.29, 1.82) is 0 Å². The Balaban J connectivity index is 1.56. The molecule has 2 heteroatoms. The molecule has 0 atom stereocenters. The van der Waals surface area contributed by atoms with Crippen molar-refractivity contribution in [2.75, 3.05) is 7.05 Å². The van der Waals surface area contributed by atoms with E-state index in [2.05, 4.69) is 29.5 Å². The highest BCUT2D eigenvalue weighted by molar-refractivity contribution is 7.09. The van der Waals surface area contributed by atoms with Crippen molar-refractivity contribution >= 4 is 11.3 Å². The summed E-state index contributed by atoms with van der Waals surface area (Å²) in [4.78, 5) is 4.25.